The predicted molar refractivity (Wildman–Crippen MR) is 76.6 cm³/mol. The van der Waals surface area contributed by atoms with E-state index in [9.17, 15) is 0 Å². The van der Waals surface area contributed by atoms with Crippen molar-refractivity contribution in [3.05, 3.63) is 23.1 Å². The molecule has 3 nitrogen and oxygen atoms in total. The first-order chi connectivity index (χ1) is 9.28. The summed E-state index contributed by atoms with van der Waals surface area (Å²) in [5.41, 5.74) is 1.82. The van der Waals surface area contributed by atoms with Gasteiger partial charge in [-0.05, 0) is 43.6 Å². The molecular formula is C14H15Cl2N3. The Morgan fingerprint density at radius 2 is 1.95 bits per heavy atom. The van der Waals surface area contributed by atoms with Gasteiger partial charge in [0.2, 0.25) is 0 Å². The van der Waals surface area contributed by atoms with Gasteiger partial charge in [0, 0.05) is 12.2 Å². The van der Waals surface area contributed by atoms with Crippen molar-refractivity contribution >= 4 is 34.4 Å². The third-order valence-electron chi connectivity index (χ3n) is 4.20. The first-order valence-corrected chi connectivity index (χ1v) is 7.77. The number of hydrogen-bond acceptors (Lipinski definition) is 2. The van der Waals surface area contributed by atoms with E-state index in [-0.39, 0.29) is 0 Å². The van der Waals surface area contributed by atoms with Crippen LogP contribution in [-0.2, 0) is 5.88 Å². The fourth-order valence-corrected chi connectivity index (χ4v) is 3.43. The smallest absolute Gasteiger partial charge is 0.160 e. The number of fused-ring (bicyclic) bond motifs is 1. The summed E-state index contributed by atoms with van der Waals surface area (Å²) in [7, 11) is 0. The Kier molecular flexibility index (Phi) is 2.75. The van der Waals surface area contributed by atoms with E-state index in [4.69, 9.17) is 23.2 Å². The summed E-state index contributed by atoms with van der Waals surface area (Å²) in [6, 6.07) is 2.43. The molecule has 0 N–H and O–H groups in total. The molecule has 2 fully saturated rings. The van der Waals surface area contributed by atoms with Gasteiger partial charge in [-0.1, -0.05) is 11.6 Å². The second kappa shape index (κ2) is 4.35. The summed E-state index contributed by atoms with van der Waals surface area (Å²) in [6.07, 6.45) is 7.02. The Morgan fingerprint density at radius 1 is 1.26 bits per heavy atom. The molecule has 2 aliphatic rings. The van der Waals surface area contributed by atoms with E-state index in [0.717, 1.165) is 28.8 Å². The van der Waals surface area contributed by atoms with Gasteiger partial charge < -0.3 is 4.57 Å². The van der Waals surface area contributed by atoms with Gasteiger partial charge in [0.1, 0.15) is 11.3 Å². The number of rotatable bonds is 4. The summed E-state index contributed by atoms with van der Waals surface area (Å²) in [5.74, 6) is 2.97. The number of pyridine rings is 1. The lowest BCUT2D eigenvalue weighted by atomic mass is 10.1. The molecule has 0 aliphatic heterocycles. The van der Waals surface area contributed by atoms with Crippen LogP contribution in [0, 0.1) is 11.8 Å². The standard InChI is InChI=1S/C14H15Cl2N3/c15-6-12-18-11-5-10(16)7-17-14(11)19(12)13(8-1-2-8)9-3-4-9/h5,7-9,13H,1-4,6H2. The molecule has 4 rings (SSSR count). The van der Waals surface area contributed by atoms with Crippen LogP contribution in [-0.4, -0.2) is 14.5 Å². The lowest BCUT2D eigenvalue weighted by Crippen LogP contribution is -2.16. The zero-order valence-electron chi connectivity index (χ0n) is 10.5. The number of imidazole rings is 1. The number of halogens is 2. The fourth-order valence-electron chi connectivity index (χ4n) is 3.09. The highest BCUT2D eigenvalue weighted by molar-refractivity contribution is 6.31. The lowest BCUT2D eigenvalue weighted by Gasteiger charge is -2.20. The van der Waals surface area contributed by atoms with Gasteiger partial charge in [0.05, 0.1) is 10.9 Å². The van der Waals surface area contributed by atoms with Crippen LogP contribution >= 0.6 is 23.2 Å². The van der Waals surface area contributed by atoms with Crippen LogP contribution in [0.2, 0.25) is 5.02 Å². The monoisotopic (exact) mass is 295 g/mol. The molecule has 0 saturated heterocycles. The normalized spacial score (nSPS) is 19.5. The second-order valence-corrected chi connectivity index (χ2v) is 6.40. The third-order valence-corrected chi connectivity index (χ3v) is 4.64. The number of alkyl halides is 1. The number of nitrogens with zero attached hydrogens (tertiary/aromatic N) is 3. The fraction of sp³-hybridized carbons (Fsp3) is 0.571. The van der Waals surface area contributed by atoms with Crippen molar-refractivity contribution in [2.45, 2.75) is 37.6 Å². The van der Waals surface area contributed by atoms with Crippen LogP contribution in [0.1, 0.15) is 37.5 Å². The van der Waals surface area contributed by atoms with Crippen molar-refractivity contribution in [3.8, 4) is 0 Å². The van der Waals surface area contributed by atoms with Crippen LogP contribution < -0.4 is 0 Å². The molecule has 0 unspecified atom stereocenters. The highest BCUT2D eigenvalue weighted by Gasteiger charge is 2.44. The molecule has 0 spiro atoms. The number of aromatic nitrogens is 3. The Hall–Kier alpha value is -0.800. The summed E-state index contributed by atoms with van der Waals surface area (Å²) in [4.78, 5) is 9.12. The van der Waals surface area contributed by atoms with Crippen molar-refractivity contribution in [3.63, 3.8) is 0 Å². The highest BCUT2D eigenvalue weighted by atomic mass is 35.5. The van der Waals surface area contributed by atoms with Crippen molar-refractivity contribution < 1.29 is 0 Å². The molecule has 0 atom stereocenters. The minimum absolute atomic E-state index is 0.434. The molecule has 100 valence electrons. The molecule has 2 aliphatic carbocycles. The first-order valence-electron chi connectivity index (χ1n) is 6.86. The Labute approximate surface area is 121 Å². The first kappa shape index (κ1) is 12.0. The van der Waals surface area contributed by atoms with Crippen LogP contribution in [0.25, 0.3) is 11.2 Å². The van der Waals surface area contributed by atoms with E-state index >= 15 is 0 Å². The van der Waals surface area contributed by atoms with Crippen LogP contribution in [0.3, 0.4) is 0 Å². The average Bonchev–Trinajstić information content (AvgIpc) is 3.28. The maximum atomic E-state index is 6.09. The summed E-state index contributed by atoms with van der Waals surface area (Å²) in [6.45, 7) is 0. The van der Waals surface area contributed by atoms with Crippen LogP contribution in [0.15, 0.2) is 12.3 Å². The molecule has 2 aromatic rings. The molecule has 2 aromatic heterocycles. The molecule has 2 saturated carbocycles. The SMILES string of the molecule is ClCc1nc2cc(Cl)cnc2n1C(C1CC1)C1CC1. The second-order valence-electron chi connectivity index (χ2n) is 5.69. The van der Waals surface area contributed by atoms with E-state index in [2.05, 4.69) is 14.5 Å². The van der Waals surface area contributed by atoms with Gasteiger partial charge in [-0.25, -0.2) is 9.97 Å². The van der Waals surface area contributed by atoms with Crippen LogP contribution in [0.4, 0.5) is 0 Å². The van der Waals surface area contributed by atoms with Gasteiger partial charge in [-0.15, -0.1) is 11.6 Å². The maximum Gasteiger partial charge on any atom is 0.160 e. The van der Waals surface area contributed by atoms with Crippen molar-refractivity contribution in [1.29, 1.82) is 0 Å². The zero-order valence-corrected chi connectivity index (χ0v) is 12.0. The Balaban J connectivity index is 1.90. The summed E-state index contributed by atoms with van der Waals surface area (Å²) >= 11 is 12.1. The number of hydrogen-bond donors (Lipinski definition) is 0. The van der Waals surface area contributed by atoms with Gasteiger partial charge in [0.15, 0.2) is 5.65 Å². The van der Waals surface area contributed by atoms with E-state index in [0.29, 0.717) is 16.9 Å². The molecule has 19 heavy (non-hydrogen) atoms. The molecule has 2 heterocycles. The molecule has 0 aromatic carbocycles. The van der Waals surface area contributed by atoms with Gasteiger partial charge in [-0.2, -0.15) is 0 Å². The molecule has 0 amide bonds. The Bertz CT molecular complexity index is 617. The van der Waals surface area contributed by atoms with E-state index in [1.54, 1.807) is 6.20 Å². The predicted octanol–water partition coefficient (Wildman–Crippen LogP) is 4.18. The topological polar surface area (TPSA) is 30.7 Å². The van der Waals surface area contributed by atoms with Crippen molar-refractivity contribution in [2.24, 2.45) is 11.8 Å². The average molecular weight is 296 g/mol. The van der Waals surface area contributed by atoms with E-state index in [1.807, 2.05) is 6.07 Å². The maximum absolute atomic E-state index is 6.09. The highest BCUT2D eigenvalue weighted by Crippen LogP contribution is 2.53. The van der Waals surface area contributed by atoms with Gasteiger partial charge in [0.25, 0.3) is 0 Å². The van der Waals surface area contributed by atoms with Crippen molar-refractivity contribution in [1.82, 2.24) is 14.5 Å². The summed E-state index contributed by atoms with van der Waals surface area (Å²) < 4.78 is 2.30. The third kappa shape index (κ3) is 2.03. The quantitative estimate of drug-likeness (QED) is 0.792. The van der Waals surface area contributed by atoms with Crippen LogP contribution in [0.5, 0.6) is 0 Å². The Morgan fingerprint density at radius 3 is 2.53 bits per heavy atom. The van der Waals surface area contributed by atoms with Gasteiger partial charge in [-0.3, -0.25) is 0 Å². The summed E-state index contributed by atoms with van der Waals surface area (Å²) in [5, 5.41) is 0.632. The minimum Gasteiger partial charge on any atom is -0.308 e. The van der Waals surface area contributed by atoms with Gasteiger partial charge >= 0.3 is 0 Å². The minimum atomic E-state index is 0.434. The van der Waals surface area contributed by atoms with E-state index in [1.165, 1.54) is 25.7 Å². The van der Waals surface area contributed by atoms with Crippen molar-refractivity contribution in [2.75, 3.05) is 0 Å². The molecule has 0 bridgehead atoms. The molecule has 0 radical (unpaired) electrons. The zero-order chi connectivity index (χ0) is 13.0. The lowest BCUT2D eigenvalue weighted by molar-refractivity contribution is 0.394. The van der Waals surface area contributed by atoms with E-state index < -0.39 is 0 Å². The molecule has 5 heteroatoms. The largest absolute Gasteiger partial charge is 0.308 e. The molecular weight excluding hydrogens is 281 g/mol.